The van der Waals surface area contributed by atoms with Crippen LogP contribution in [0.3, 0.4) is 0 Å². The van der Waals surface area contributed by atoms with Crippen molar-refractivity contribution in [3.63, 3.8) is 0 Å². The van der Waals surface area contributed by atoms with E-state index in [9.17, 15) is 18.0 Å². The van der Waals surface area contributed by atoms with E-state index < -0.39 is 22.7 Å². The van der Waals surface area contributed by atoms with Crippen molar-refractivity contribution in [3.8, 4) is 0 Å². The second kappa shape index (κ2) is 5.65. The standard InChI is InChI=1S/C13H13ClF3N3O/c1-7(18-2)6-20-11(21)10-8(13(15,16)17)4-3-5-9(10)19-12(20)14/h3-5,7,18H,6H2,1-2H3. The number of nitrogens with zero attached hydrogens (tertiary/aromatic N) is 2. The van der Waals surface area contributed by atoms with Crippen LogP contribution in [-0.4, -0.2) is 22.6 Å². The second-order valence-electron chi connectivity index (χ2n) is 4.68. The van der Waals surface area contributed by atoms with Gasteiger partial charge in [0.05, 0.1) is 16.5 Å². The molecule has 2 rings (SSSR count). The molecule has 1 aromatic carbocycles. The minimum Gasteiger partial charge on any atom is -0.315 e. The number of alkyl halides is 3. The van der Waals surface area contributed by atoms with E-state index in [-0.39, 0.29) is 23.4 Å². The molecule has 0 radical (unpaired) electrons. The highest BCUT2D eigenvalue weighted by molar-refractivity contribution is 6.28. The van der Waals surface area contributed by atoms with E-state index in [2.05, 4.69) is 10.3 Å². The number of halogens is 4. The predicted octanol–water partition coefficient (Wildman–Crippen LogP) is 2.68. The highest BCUT2D eigenvalue weighted by Gasteiger charge is 2.34. The van der Waals surface area contributed by atoms with Crippen LogP contribution in [0.1, 0.15) is 12.5 Å². The lowest BCUT2D eigenvalue weighted by Crippen LogP contribution is -2.33. The molecule has 1 atom stereocenters. The third-order valence-electron chi connectivity index (χ3n) is 3.19. The van der Waals surface area contributed by atoms with E-state index in [0.29, 0.717) is 0 Å². The summed E-state index contributed by atoms with van der Waals surface area (Å²) in [5.41, 5.74) is -1.85. The van der Waals surface area contributed by atoms with Crippen LogP contribution in [0.25, 0.3) is 10.9 Å². The van der Waals surface area contributed by atoms with Crippen molar-refractivity contribution in [2.24, 2.45) is 0 Å². The average molecular weight is 320 g/mol. The van der Waals surface area contributed by atoms with E-state index in [1.54, 1.807) is 14.0 Å². The molecular weight excluding hydrogens is 307 g/mol. The molecule has 0 aliphatic carbocycles. The zero-order chi connectivity index (χ0) is 15.8. The molecule has 0 aliphatic rings. The molecule has 0 fully saturated rings. The summed E-state index contributed by atoms with van der Waals surface area (Å²) in [5.74, 6) is 0. The topological polar surface area (TPSA) is 46.9 Å². The molecule has 1 heterocycles. The van der Waals surface area contributed by atoms with Crippen LogP contribution in [0.15, 0.2) is 23.0 Å². The molecule has 21 heavy (non-hydrogen) atoms. The molecule has 0 saturated carbocycles. The zero-order valence-corrected chi connectivity index (χ0v) is 12.1. The zero-order valence-electron chi connectivity index (χ0n) is 11.3. The molecule has 4 nitrogen and oxygen atoms in total. The quantitative estimate of drug-likeness (QED) is 0.885. The van der Waals surface area contributed by atoms with Crippen LogP contribution in [0.5, 0.6) is 0 Å². The highest BCUT2D eigenvalue weighted by Crippen LogP contribution is 2.33. The Kier molecular flexibility index (Phi) is 4.25. The molecule has 0 spiro atoms. The SMILES string of the molecule is CNC(C)Cn1c(Cl)nc2cccc(C(F)(F)F)c2c1=O. The van der Waals surface area contributed by atoms with Crippen LogP contribution < -0.4 is 10.9 Å². The molecule has 1 unspecified atom stereocenters. The monoisotopic (exact) mass is 319 g/mol. The van der Waals surface area contributed by atoms with Crippen molar-refractivity contribution in [2.45, 2.75) is 25.7 Å². The van der Waals surface area contributed by atoms with Crippen molar-refractivity contribution in [1.82, 2.24) is 14.9 Å². The van der Waals surface area contributed by atoms with Gasteiger partial charge in [-0.3, -0.25) is 9.36 Å². The summed E-state index contributed by atoms with van der Waals surface area (Å²) in [7, 11) is 1.68. The lowest BCUT2D eigenvalue weighted by molar-refractivity contribution is -0.136. The molecule has 1 N–H and O–H groups in total. The molecule has 0 aliphatic heterocycles. The van der Waals surface area contributed by atoms with Crippen LogP contribution in [0.2, 0.25) is 5.28 Å². The summed E-state index contributed by atoms with van der Waals surface area (Å²) >= 11 is 5.92. The Hall–Kier alpha value is -1.60. The van der Waals surface area contributed by atoms with Crippen molar-refractivity contribution in [3.05, 3.63) is 39.4 Å². The van der Waals surface area contributed by atoms with Gasteiger partial charge in [0.25, 0.3) is 5.56 Å². The summed E-state index contributed by atoms with van der Waals surface area (Å²) in [6, 6.07) is 3.26. The number of fused-ring (bicyclic) bond motifs is 1. The fraction of sp³-hybridized carbons (Fsp3) is 0.385. The van der Waals surface area contributed by atoms with Gasteiger partial charge in [-0.2, -0.15) is 13.2 Å². The maximum absolute atomic E-state index is 13.0. The molecule has 114 valence electrons. The summed E-state index contributed by atoms with van der Waals surface area (Å²) in [4.78, 5) is 16.3. The van der Waals surface area contributed by atoms with E-state index in [1.807, 2.05) is 0 Å². The predicted molar refractivity (Wildman–Crippen MR) is 74.5 cm³/mol. The first kappa shape index (κ1) is 15.8. The van der Waals surface area contributed by atoms with E-state index >= 15 is 0 Å². The first-order chi connectivity index (χ1) is 9.75. The molecule has 2 aromatic rings. The van der Waals surface area contributed by atoms with Crippen LogP contribution in [-0.2, 0) is 12.7 Å². The van der Waals surface area contributed by atoms with Crippen molar-refractivity contribution < 1.29 is 13.2 Å². The van der Waals surface area contributed by atoms with Gasteiger partial charge in [-0.1, -0.05) is 6.07 Å². The Labute approximate surface area is 123 Å². The summed E-state index contributed by atoms with van der Waals surface area (Å²) in [6.45, 7) is 1.91. The maximum Gasteiger partial charge on any atom is 0.417 e. The third-order valence-corrected chi connectivity index (χ3v) is 3.48. The molecule has 8 heteroatoms. The van der Waals surface area contributed by atoms with Gasteiger partial charge in [-0.05, 0) is 37.7 Å². The van der Waals surface area contributed by atoms with Crippen molar-refractivity contribution in [1.29, 1.82) is 0 Å². The lowest BCUT2D eigenvalue weighted by atomic mass is 10.1. The van der Waals surface area contributed by atoms with Gasteiger partial charge in [0.2, 0.25) is 5.28 Å². The van der Waals surface area contributed by atoms with Gasteiger partial charge in [-0.15, -0.1) is 0 Å². The maximum atomic E-state index is 13.0. The number of benzene rings is 1. The Morgan fingerprint density at radius 2 is 2.10 bits per heavy atom. The van der Waals surface area contributed by atoms with Crippen molar-refractivity contribution >= 4 is 22.5 Å². The van der Waals surface area contributed by atoms with Gasteiger partial charge in [0.15, 0.2) is 0 Å². The van der Waals surface area contributed by atoms with Gasteiger partial charge in [0.1, 0.15) is 0 Å². The van der Waals surface area contributed by atoms with Gasteiger partial charge < -0.3 is 5.32 Å². The lowest BCUT2D eigenvalue weighted by Gasteiger charge is -2.16. The number of hydrogen-bond acceptors (Lipinski definition) is 3. The largest absolute Gasteiger partial charge is 0.417 e. The first-order valence-corrected chi connectivity index (χ1v) is 6.57. The van der Waals surface area contributed by atoms with E-state index in [4.69, 9.17) is 11.6 Å². The van der Waals surface area contributed by atoms with Crippen LogP contribution >= 0.6 is 11.6 Å². The van der Waals surface area contributed by atoms with Gasteiger partial charge in [-0.25, -0.2) is 4.98 Å². The van der Waals surface area contributed by atoms with Crippen LogP contribution in [0, 0.1) is 0 Å². The molecule has 0 saturated heterocycles. The number of likely N-dealkylation sites (N-methyl/N-ethyl adjacent to an activating group) is 1. The smallest absolute Gasteiger partial charge is 0.315 e. The summed E-state index contributed by atoms with van der Waals surface area (Å²) in [5, 5.41) is 2.30. The Morgan fingerprint density at radius 3 is 2.67 bits per heavy atom. The minimum atomic E-state index is -4.62. The van der Waals surface area contributed by atoms with E-state index in [0.717, 1.165) is 10.6 Å². The number of aromatic nitrogens is 2. The average Bonchev–Trinajstić information content (AvgIpc) is 2.41. The second-order valence-corrected chi connectivity index (χ2v) is 5.02. The highest BCUT2D eigenvalue weighted by atomic mass is 35.5. The molecular formula is C13H13ClF3N3O. The minimum absolute atomic E-state index is 0.0619. The third kappa shape index (κ3) is 3.03. The van der Waals surface area contributed by atoms with Gasteiger partial charge >= 0.3 is 6.18 Å². The molecule has 1 aromatic heterocycles. The number of nitrogens with one attached hydrogen (secondary N) is 1. The summed E-state index contributed by atoms with van der Waals surface area (Å²) < 4.78 is 40.2. The first-order valence-electron chi connectivity index (χ1n) is 6.19. The Balaban J connectivity index is 2.77. The normalized spacial score (nSPS) is 13.6. The number of hydrogen-bond donors (Lipinski definition) is 1. The molecule has 0 amide bonds. The van der Waals surface area contributed by atoms with Crippen LogP contribution in [0.4, 0.5) is 13.2 Å². The Morgan fingerprint density at radius 1 is 1.43 bits per heavy atom. The Bertz CT molecular complexity index is 727. The molecule has 0 bridgehead atoms. The van der Waals surface area contributed by atoms with E-state index in [1.165, 1.54) is 12.1 Å². The van der Waals surface area contributed by atoms with Gasteiger partial charge in [0, 0.05) is 12.6 Å². The summed E-state index contributed by atoms with van der Waals surface area (Å²) in [6.07, 6.45) is -4.62. The van der Waals surface area contributed by atoms with Crippen molar-refractivity contribution in [2.75, 3.05) is 7.05 Å². The fourth-order valence-corrected chi connectivity index (χ4v) is 2.23. The fourth-order valence-electron chi connectivity index (χ4n) is 2.00. The number of rotatable bonds is 3.